The highest BCUT2D eigenvalue weighted by molar-refractivity contribution is 9.10. The first-order valence-electron chi connectivity index (χ1n) is 11.4. The second-order valence-electron chi connectivity index (χ2n) is 8.29. The molecule has 6 rings (SSSR count). The highest BCUT2D eigenvalue weighted by atomic mass is 79.9. The molecule has 0 radical (unpaired) electrons. The van der Waals surface area contributed by atoms with E-state index in [1.54, 1.807) is 0 Å². The molecule has 0 bridgehead atoms. The molecule has 0 unspecified atom stereocenters. The first-order chi connectivity index (χ1) is 17.2. The molecule has 5 aromatic carbocycles. The molecule has 166 valence electrons. The van der Waals surface area contributed by atoms with Crippen molar-refractivity contribution in [3.63, 3.8) is 0 Å². The number of halogens is 1. The molecule has 1 heterocycles. The summed E-state index contributed by atoms with van der Waals surface area (Å²) in [6.07, 6.45) is 0. The van der Waals surface area contributed by atoms with E-state index in [9.17, 15) is 0 Å². The first-order valence-corrected chi connectivity index (χ1v) is 12.2. The van der Waals surface area contributed by atoms with Gasteiger partial charge in [-0.25, -0.2) is 15.0 Å². The summed E-state index contributed by atoms with van der Waals surface area (Å²) < 4.78 is 1.07. The summed E-state index contributed by atoms with van der Waals surface area (Å²) in [5.74, 6) is 1.98. The monoisotopic (exact) mass is 513 g/mol. The van der Waals surface area contributed by atoms with E-state index in [-0.39, 0.29) is 0 Å². The summed E-state index contributed by atoms with van der Waals surface area (Å²) in [6.45, 7) is 0. The standard InChI is InChI=1S/C31H20BrN3/c32-28-20-26-14-8-7-13-25(26)19-27(28)21-15-17-24(18-16-21)31-34-29(22-9-3-1-4-10-22)33-30(35-31)23-11-5-2-6-12-23/h1-20H. The number of aromatic nitrogens is 3. The van der Waals surface area contributed by atoms with E-state index < -0.39 is 0 Å². The van der Waals surface area contributed by atoms with Crippen LogP contribution >= 0.6 is 15.9 Å². The van der Waals surface area contributed by atoms with Crippen molar-refractivity contribution in [2.24, 2.45) is 0 Å². The van der Waals surface area contributed by atoms with E-state index in [2.05, 4.69) is 76.6 Å². The average molecular weight is 514 g/mol. The van der Waals surface area contributed by atoms with E-state index in [4.69, 9.17) is 15.0 Å². The van der Waals surface area contributed by atoms with E-state index in [1.165, 1.54) is 10.8 Å². The normalized spacial score (nSPS) is 11.0. The maximum Gasteiger partial charge on any atom is 0.164 e. The summed E-state index contributed by atoms with van der Waals surface area (Å²) in [6, 6.07) is 41.3. The lowest BCUT2D eigenvalue weighted by Gasteiger charge is -2.10. The van der Waals surface area contributed by atoms with Crippen LogP contribution in [0.2, 0.25) is 0 Å². The van der Waals surface area contributed by atoms with Gasteiger partial charge in [-0.1, -0.05) is 125 Å². The number of nitrogens with zero attached hydrogens (tertiary/aromatic N) is 3. The number of fused-ring (bicyclic) bond motifs is 1. The summed E-state index contributed by atoms with van der Waals surface area (Å²) in [5.41, 5.74) is 5.16. The van der Waals surface area contributed by atoms with E-state index in [1.807, 2.05) is 60.7 Å². The van der Waals surface area contributed by atoms with Gasteiger partial charge in [-0.2, -0.15) is 0 Å². The Labute approximate surface area is 212 Å². The van der Waals surface area contributed by atoms with Crippen LogP contribution in [0.4, 0.5) is 0 Å². The maximum atomic E-state index is 4.83. The molecule has 0 aliphatic rings. The number of hydrogen-bond acceptors (Lipinski definition) is 3. The summed E-state index contributed by atoms with van der Waals surface area (Å²) in [4.78, 5) is 14.4. The van der Waals surface area contributed by atoms with Crippen molar-refractivity contribution in [2.45, 2.75) is 0 Å². The molecule has 0 saturated carbocycles. The van der Waals surface area contributed by atoms with Crippen molar-refractivity contribution >= 4 is 26.7 Å². The lowest BCUT2D eigenvalue weighted by Crippen LogP contribution is -2.00. The molecule has 0 amide bonds. The van der Waals surface area contributed by atoms with Crippen molar-refractivity contribution in [2.75, 3.05) is 0 Å². The predicted molar refractivity (Wildman–Crippen MR) is 147 cm³/mol. The van der Waals surface area contributed by atoms with Crippen LogP contribution in [0, 0.1) is 0 Å². The van der Waals surface area contributed by atoms with Crippen LogP contribution in [0.15, 0.2) is 126 Å². The minimum absolute atomic E-state index is 0.654. The predicted octanol–water partition coefficient (Wildman–Crippen LogP) is 8.46. The molecule has 0 saturated heterocycles. The van der Waals surface area contributed by atoms with Crippen LogP contribution in [0.1, 0.15) is 0 Å². The van der Waals surface area contributed by atoms with Crippen LogP contribution in [0.25, 0.3) is 56.1 Å². The van der Waals surface area contributed by atoms with Gasteiger partial charge in [-0.3, -0.25) is 0 Å². The summed E-state index contributed by atoms with van der Waals surface area (Å²) in [7, 11) is 0. The third-order valence-corrected chi connectivity index (χ3v) is 6.64. The Balaban J connectivity index is 1.43. The molecular weight excluding hydrogens is 494 g/mol. The van der Waals surface area contributed by atoms with Crippen molar-refractivity contribution in [3.05, 3.63) is 126 Å². The lowest BCUT2D eigenvalue weighted by molar-refractivity contribution is 1.07. The van der Waals surface area contributed by atoms with Gasteiger partial charge in [0.15, 0.2) is 17.5 Å². The number of benzene rings is 5. The zero-order valence-corrected chi connectivity index (χ0v) is 20.4. The van der Waals surface area contributed by atoms with Crippen LogP contribution in [-0.4, -0.2) is 15.0 Å². The van der Waals surface area contributed by atoms with Gasteiger partial charge in [0, 0.05) is 21.2 Å². The maximum absolute atomic E-state index is 4.83. The van der Waals surface area contributed by atoms with Crippen molar-refractivity contribution in [1.29, 1.82) is 0 Å². The van der Waals surface area contributed by atoms with Gasteiger partial charge in [-0.05, 0) is 34.0 Å². The molecule has 1 aromatic heterocycles. The molecule has 0 atom stereocenters. The zero-order valence-electron chi connectivity index (χ0n) is 18.8. The van der Waals surface area contributed by atoms with Gasteiger partial charge in [0.2, 0.25) is 0 Å². The summed E-state index contributed by atoms with van der Waals surface area (Å²) in [5, 5.41) is 2.43. The molecular formula is C31H20BrN3. The van der Waals surface area contributed by atoms with Gasteiger partial charge in [0.05, 0.1) is 0 Å². The van der Waals surface area contributed by atoms with Crippen LogP contribution < -0.4 is 0 Å². The highest BCUT2D eigenvalue weighted by Gasteiger charge is 2.13. The molecule has 0 spiro atoms. The lowest BCUT2D eigenvalue weighted by atomic mass is 10.00. The topological polar surface area (TPSA) is 38.7 Å². The van der Waals surface area contributed by atoms with Crippen LogP contribution in [0.3, 0.4) is 0 Å². The van der Waals surface area contributed by atoms with Crippen molar-refractivity contribution < 1.29 is 0 Å². The molecule has 0 aliphatic carbocycles. The fourth-order valence-corrected chi connectivity index (χ4v) is 4.76. The van der Waals surface area contributed by atoms with Gasteiger partial charge in [0.1, 0.15) is 0 Å². The van der Waals surface area contributed by atoms with Crippen LogP contribution in [0.5, 0.6) is 0 Å². The largest absolute Gasteiger partial charge is 0.208 e. The molecule has 0 aliphatic heterocycles. The average Bonchev–Trinajstić information content (AvgIpc) is 2.93. The molecule has 3 nitrogen and oxygen atoms in total. The van der Waals surface area contributed by atoms with Gasteiger partial charge >= 0.3 is 0 Å². The Morgan fingerprint density at radius 2 is 0.800 bits per heavy atom. The Morgan fingerprint density at radius 3 is 1.31 bits per heavy atom. The minimum Gasteiger partial charge on any atom is -0.208 e. The van der Waals surface area contributed by atoms with E-state index >= 15 is 0 Å². The van der Waals surface area contributed by atoms with E-state index in [0.29, 0.717) is 17.5 Å². The Bertz CT molecular complexity index is 1570. The molecule has 0 fully saturated rings. The van der Waals surface area contributed by atoms with Crippen LogP contribution in [-0.2, 0) is 0 Å². The molecule has 35 heavy (non-hydrogen) atoms. The van der Waals surface area contributed by atoms with Gasteiger partial charge in [-0.15, -0.1) is 0 Å². The quantitative estimate of drug-likeness (QED) is 0.237. The zero-order chi connectivity index (χ0) is 23.6. The second-order valence-corrected chi connectivity index (χ2v) is 9.15. The first kappa shape index (κ1) is 21.4. The van der Waals surface area contributed by atoms with E-state index in [0.717, 1.165) is 32.3 Å². The summed E-state index contributed by atoms with van der Waals surface area (Å²) >= 11 is 3.76. The third-order valence-electron chi connectivity index (χ3n) is 5.99. The highest BCUT2D eigenvalue weighted by Crippen LogP contribution is 2.34. The van der Waals surface area contributed by atoms with Crippen molar-refractivity contribution in [1.82, 2.24) is 15.0 Å². The fourth-order valence-electron chi connectivity index (χ4n) is 4.17. The Morgan fingerprint density at radius 1 is 0.400 bits per heavy atom. The third kappa shape index (κ3) is 4.36. The van der Waals surface area contributed by atoms with Gasteiger partial charge < -0.3 is 0 Å². The SMILES string of the molecule is Brc1cc2ccccc2cc1-c1ccc(-c2nc(-c3ccccc3)nc(-c3ccccc3)n2)cc1. The number of hydrogen-bond donors (Lipinski definition) is 0. The smallest absolute Gasteiger partial charge is 0.164 e. The van der Waals surface area contributed by atoms with Gasteiger partial charge in [0.25, 0.3) is 0 Å². The number of rotatable bonds is 4. The van der Waals surface area contributed by atoms with Crippen molar-refractivity contribution in [3.8, 4) is 45.3 Å². The fraction of sp³-hybridized carbons (Fsp3) is 0. The molecule has 6 aromatic rings. The Hall–Kier alpha value is -4.15. The minimum atomic E-state index is 0.654. The Kier molecular flexibility index (Phi) is 5.65. The molecule has 4 heteroatoms. The second kappa shape index (κ2) is 9.24. The molecule has 0 N–H and O–H groups in total.